The molecule has 0 aromatic heterocycles. The molecule has 0 saturated carbocycles. The second-order valence-corrected chi connectivity index (χ2v) is 1.57. The molecule has 58 valence electrons. The maximum Gasteiger partial charge on any atom is 0.369 e. The summed E-state index contributed by atoms with van der Waals surface area (Å²) in [6.07, 6.45) is 0. The minimum absolute atomic E-state index is 0.0412. The van der Waals surface area contributed by atoms with Gasteiger partial charge in [0, 0.05) is 0 Å². The Morgan fingerprint density at radius 1 is 1.50 bits per heavy atom. The number of carbonyl (C=O) groups is 1. The lowest BCUT2D eigenvalue weighted by atomic mass is 10.5. The molecule has 0 radical (unpaired) electrons. The first-order valence-corrected chi connectivity index (χ1v) is 2.78. The minimum atomic E-state index is -1.46. The van der Waals surface area contributed by atoms with Crippen molar-refractivity contribution in [2.24, 2.45) is 0 Å². The molecule has 0 fully saturated rings. The lowest BCUT2D eigenvalue weighted by Gasteiger charge is -1.96. The molecule has 0 rings (SSSR count). The van der Waals surface area contributed by atoms with Crippen molar-refractivity contribution >= 4 is 5.97 Å². The maximum absolute atomic E-state index is 12.1. The molecule has 0 spiro atoms. The van der Waals surface area contributed by atoms with Crippen LogP contribution in [0.15, 0.2) is 11.7 Å². The molecular formula is C6H8F2O2. The Morgan fingerprint density at radius 3 is 2.30 bits per heavy atom. The van der Waals surface area contributed by atoms with Gasteiger partial charge in [0.05, 0.1) is 6.61 Å². The van der Waals surface area contributed by atoms with Crippen molar-refractivity contribution in [2.45, 2.75) is 13.8 Å². The van der Waals surface area contributed by atoms with Crippen LogP contribution in [0.5, 0.6) is 0 Å². The molecule has 2 nitrogen and oxygen atoms in total. The fourth-order valence-electron chi connectivity index (χ4n) is 0.335. The molecule has 0 saturated heterocycles. The number of hydrogen-bond donors (Lipinski definition) is 0. The van der Waals surface area contributed by atoms with E-state index in [0.717, 1.165) is 6.92 Å². The third-order valence-corrected chi connectivity index (χ3v) is 0.757. The summed E-state index contributed by atoms with van der Waals surface area (Å²) in [7, 11) is 0. The number of carbonyl (C=O) groups excluding carboxylic acids is 1. The van der Waals surface area contributed by atoms with Crippen molar-refractivity contribution in [1.29, 1.82) is 0 Å². The third kappa shape index (κ3) is 2.57. The summed E-state index contributed by atoms with van der Waals surface area (Å²) in [5, 5.41) is 0. The number of allylic oxidation sites excluding steroid dienone is 1. The number of esters is 1. The molecule has 0 heterocycles. The van der Waals surface area contributed by atoms with Crippen LogP contribution < -0.4 is 0 Å². The van der Waals surface area contributed by atoms with Crippen LogP contribution in [-0.2, 0) is 9.53 Å². The van der Waals surface area contributed by atoms with Crippen LogP contribution >= 0.6 is 0 Å². The summed E-state index contributed by atoms with van der Waals surface area (Å²) in [6, 6.07) is 0. The van der Waals surface area contributed by atoms with Crippen LogP contribution in [0.3, 0.4) is 0 Å². The predicted molar refractivity (Wildman–Crippen MR) is 31.5 cm³/mol. The molecule has 0 N–H and O–H groups in total. The molecule has 0 amide bonds. The van der Waals surface area contributed by atoms with E-state index in [9.17, 15) is 13.6 Å². The van der Waals surface area contributed by atoms with Crippen LogP contribution in [0.1, 0.15) is 13.8 Å². The van der Waals surface area contributed by atoms with Gasteiger partial charge in [-0.3, -0.25) is 0 Å². The van der Waals surface area contributed by atoms with E-state index >= 15 is 0 Å². The van der Waals surface area contributed by atoms with Gasteiger partial charge in [0.1, 0.15) is 5.83 Å². The Morgan fingerprint density at radius 2 is 2.00 bits per heavy atom. The van der Waals surface area contributed by atoms with Crippen LogP contribution in [-0.4, -0.2) is 12.6 Å². The van der Waals surface area contributed by atoms with Crippen LogP contribution in [0.2, 0.25) is 0 Å². The number of ether oxygens (including phenoxy) is 1. The Bertz CT molecular complexity index is 159. The van der Waals surface area contributed by atoms with Gasteiger partial charge in [-0.25, -0.2) is 9.18 Å². The van der Waals surface area contributed by atoms with E-state index in [1.807, 2.05) is 0 Å². The van der Waals surface area contributed by atoms with Crippen molar-refractivity contribution in [2.75, 3.05) is 6.61 Å². The van der Waals surface area contributed by atoms with Crippen LogP contribution in [0.25, 0.3) is 0 Å². The first-order chi connectivity index (χ1) is 4.59. The summed E-state index contributed by atoms with van der Waals surface area (Å²) < 4.78 is 28.2. The first-order valence-electron chi connectivity index (χ1n) is 2.78. The van der Waals surface area contributed by atoms with Gasteiger partial charge in [-0.15, -0.1) is 0 Å². The average Bonchev–Trinajstić information content (AvgIpc) is 1.87. The molecule has 0 aromatic carbocycles. The zero-order valence-corrected chi connectivity index (χ0v) is 5.78. The van der Waals surface area contributed by atoms with E-state index in [1.54, 1.807) is 0 Å². The normalized spacial score (nSPS) is 12.4. The highest BCUT2D eigenvalue weighted by atomic mass is 19.2. The summed E-state index contributed by atoms with van der Waals surface area (Å²) in [6.45, 7) is 2.41. The molecule has 0 aliphatic carbocycles. The highest BCUT2D eigenvalue weighted by Crippen LogP contribution is 2.07. The standard InChI is InChI=1S/C6H8F2O2/c1-3-10-6(9)5(8)4(2)7/h3H2,1-2H3. The van der Waals surface area contributed by atoms with E-state index in [0.29, 0.717) is 0 Å². The fourth-order valence-corrected chi connectivity index (χ4v) is 0.335. The number of halogens is 2. The highest BCUT2D eigenvalue weighted by molar-refractivity contribution is 5.86. The van der Waals surface area contributed by atoms with Gasteiger partial charge in [-0.05, 0) is 13.8 Å². The van der Waals surface area contributed by atoms with Gasteiger partial charge in [0.2, 0.25) is 5.83 Å². The minimum Gasteiger partial charge on any atom is -0.461 e. The third-order valence-electron chi connectivity index (χ3n) is 0.757. The molecule has 0 aliphatic heterocycles. The molecule has 4 heteroatoms. The van der Waals surface area contributed by atoms with E-state index in [4.69, 9.17) is 0 Å². The lowest BCUT2D eigenvalue weighted by Crippen LogP contribution is -2.04. The molecule has 0 unspecified atom stereocenters. The lowest BCUT2D eigenvalue weighted by molar-refractivity contribution is -0.140. The molecule has 0 aromatic rings. The molecule has 10 heavy (non-hydrogen) atoms. The molecule has 0 atom stereocenters. The van der Waals surface area contributed by atoms with Crippen molar-refractivity contribution in [1.82, 2.24) is 0 Å². The van der Waals surface area contributed by atoms with Crippen LogP contribution in [0.4, 0.5) is 8.78 Å². The largest absolute Gasteiger partial charge is 0.461 e. The van der Waals surface area contributed by atoms with E-state index in [2.05, 4.69) is 4.74 Å². The van der Waals surface area contributed by atoms with E-state index < -0.39 is 17.6 Å². The van der Waals surface area contributed by atoms with Crippen molar-refractivity contribution < 1.29 is 18.3 Å². The van der Waals surface area contributed by atoms with Gasteiger partial charge in [0.15, 0.2) is 0 Å². The van der Waals surface area contributed by atoms with Crippen molar-refractivity contribution in [3.63, 3.8) is 0 Å². The highest BCUT2D eigenvalue weighted by Gasteiger charge is 2.12. The Hall–Kier alpha value is -0.930. The second-order valence-electron chi connectivity index (χ2n) is 1.57. The quantitative estimate of drug-likeness (QED) is 0.442. The molecule has 0 aliphatic rings. The first kappa shape index (κ1) is 9.07. The summed E-state index contributed by atoms with van der Waals surface area (Å²) in [5.41, 5.74) is 0. The molecule has 0 bridgehead atoms. The molecular weight excluding hydrogens is 142 g/mol. The summed E-state index contributed by atoms with van der Waals surface area (Å²) >= 11 is 0. The van der Waals surface area contributed by atoms with Gasteiger partial charge < -0.3 is 4.74 Å². The van der Waals surface area contributed by atoms with Gasteiger partial charge in [-0.1, -0.05) is 0 Å². The summed E-state index contributed by atoms with van der Waals surface area (Å²) in [4.78, 5) is 10.3. The average molecular weight is 150 g/mol. The Labute approximate surface area is 57.5 Å². The van der Waals surface area contributed by atoms with Crippen molar-refractivity contribution in [3.05, 3.63) is 11.7 Å². The zero-order valence-electron chi connectivity index (χ0n) is 5.78. The SMILES string of the molecule is CCOC(=O)C(F)=C(C)F. The van der Waals surface area contributed by atoms with E-state index in [-0.39, 0.29) is 6.61 Å². The fraction of sp³-hybridized carbons (Fsp3) is 0.500. The van der Waals surface area contributed by atoms with Crippen LogP contribution in [0, 0.1) is 0 Å². The zero-order chi connectivity index (χ0) is 8.15. The Kier molecular flexibility index (Phi) is 3.61. The van der Waals surface area contributed by atoms with Gasteiger partial charge in [-0.2, -0.15) is 4.39 Å². The Balaban J connectivity index is 4.09. The topological polar surface area (TPSA) is 26.3 Å². The van der Waals surface area contributed by atoms with Crippen molar-refractivity contribution in [3.8, 4) is 0 Å². The number of rotatable bonds is 2. The monoisotopic (exact) mass is 150 g/mol. The van der Waals surface area contributed by atoms with E-state index in [1.165, 1.54) is 6.92 Å². The second kappa shape index (κ2) is 3.98. The van der Waals surface area contributed by atoms with Gasteiger partial charge >= 0.3 is 5.97 Å². The van der Waals surface area contributed by atoms with Gasteiger partial charge in [0.25, 0.3) is 0 Å². The predicted octanol–water partition coefficient (Wildman–Crippen LogP) is 1.72. The number of hydrogen-bond acceptors (Lipinski definition) is 2. The maximum atomic E-state index is 12.1. The smallest absolute Gasteiger partial charge is 0.369 e. The summed E-state index contributed by atoms with van der Waals surface area (Å²) in [5.74, 6) is -3.86.